The molecule has 1 heterocycles. The molecule has 0 fully saturated rings. The van der Waals surface area contributed by atoms with E-state index in [2.05, 4.69) is 10.3 Å². The molecular formula is C13H9Cl2F3N2. The van der Waals surface area contributed by atoms with Crippen LogP contribution in [-0.4, -0.2) is 4.98 Å². The summed E-state index contributed by atoms with van der Waals surface area (Å²) in [5.41, 5.74) is 0.412. The number of alkyl halides is 3. The SMILES string of the molecule is Cc1cccc(Cl)c1Nc1cc(C(F)(F)F)cc(Cl)n1. The van der Waals surface area contributed by atoms with Crippen molar-refractivity contribution in [2.45, 2.75) is 13.1 Å². The molecule has 0 aliphatic rings. The minimum atomic E-state index is -4.49. The molecule has 0 unspecified atom stereocenters. The molecule has 0 spiro atoms. The minimum absolute atomic E-state index is 0.0129. The largest absolute Gasteiger partial charge is 0.416 e. The van der Waals surface area contributed by atoms with Crippen LogP contribution < -0.4 is 5.32 Å². The maximum atomic E-state index is 12.7. The maximum Gasteiger partial charge on any atom is 0.416 e. The number of anilines is 2. The molecule has 1 aromatic carbocycles. The van der Waals surface area contributed by atoms with E-state index in [1.54, 1.807) is 25.1 Å². The summed E-state index contributed by atoms with van der Waals surface area (Å²) in [5, 5.41) is 2.91. The normalized spacial score (nSPS) is 11.5. The predicted octanol–water partition coefficient (Wildman–Crippen LogP) is 5.46. The van der Waals surface area contributed by atoms with Crippen LogP contribution in [0.2, 0.25) is 10.2 Å². The number of aryl methyl sites for hydroxylation is 1. The Morgan fingerprint density at radius 2 is 1.85 bits per heavy atom. The van der Waals surface area contributed by atoms with Crippen molar-refractivity contribution in [2.24, 2.45) is 0 Å². The van der Waals surface area contributed by atoms with Gasteiger partial charge in [0.1, 0.15) is 11.0 Å². The Bertz CT molecular complexity index is 622. The smallest absolute Gasteiger partial charge is 0.339 e. The number of halogens is 5. The number of aromatic nitrogens is 1. The van der Waals surface area contributed by atoms with E-state index in [4.69, 9.17) is 23.2 Å². The van der Waals surface area contributed by atoms with Crippen molar-refractivity contribution >= 4 is 34.7 Å². The Kier molecular flexibility index (Phi) is 4.11. The fourth-order valence-corrected chi connectivity index (χ4v) is 2.12. The molecule has 0 atom stereocenters. The van der Waals surface area contributed by atoms with Crippen molar-refractivity contribution in [1.29, 1.82) is 0 Å². The molecule has 20 heavy (non-hydrogen) atoms. The number of benzene rings is 1. The molecule has 0 saturated carbocycles. The van der Waals surface area contributed by atoms with Gasteiger partial charge in [-0.05, 0) is 30.7 Å². The third-order valence-corrected chi connectivity index (χ3v) is 3.11. The lowest BCUT2D eigenvalue weighted by molar-refractivity contribution is -0.137. The Morgan fingerprint density at radius 3 is 2.45 bits per heavy atom. The van der Waals surface area contributed by atoms with Crippen LogP contribution in [0.1, 0.15) is 11.1 Å². The van der Waals surface area contributed by atoms with Gasteiger partial charge >= 0.3 is 6.18 Å². The van der Waals surface area contributed by atoms with E-state index in [-0.39, 0.29) is 11.0 Å². The molecule has 2 rings (SSSR count). The second-order valence-corrected chi connectivity index (χ2v) is 4.91. The van der Waals surface area contributed by atoms with Gasteiger partial charge in [-0.15, -0.1) is 0 Å². The van der Waals surface area contributed by atoms with Crippen LogP contribution in [-0.2, 0) is 6.18 Å². The molecular weight excluding hydrogens is 312 g/mol. The summed E-state index contributed by atoms with van der Waals surface area (Å²) >= 11 is 11.6. The van der Waals surface area contributed by atoms with Crippen molar-refractivity contribution in [3.63, 3.8) is 0 Å². The molecule has 2 nitrogen and oxygen atoms in total. The number of hydrogen-bond acceptors (Lipinski definition) is 2. The Balaban J connectivity index is 2.42. The lowest BCUT2D eigenvalue weighted by Crippen LogP contribution is -2.07. The molecule has 0 aliphatic heterocycles. The standard InChI is InChI=1S/C13H9Cl2F3N2/c1-7-3-2-4-9(14)12(7)20-11-6-8(13(16,17)18)5-10(15)19-11/h2-6H,1H3,(H,19,20). The van der Waals surface area contributed by atoms with Gasteiger partial charge in [-0.25, -0.2) is 4.98 Å². The third kappa shape index (κ3) is 3.35. The van der Waals surface area contributed by atoms with Gasteiger partial charge in [0.25, 0.3) is 0 Å². The zero-order valence-corrected chi connectivity index (χ0v) is 11.7. The lowest BCUT2D eigenvalue weighted by atomic mass is 10.2. The summed E-state index contributed by atoms with van der Waals surface area (Å²) < 4.78 is 38.1. The van der Waals surface area contributed by atoms with E-state index in [1.165, 1.54) is 0 Å². The molecule has 7 heteroatoms. The molecule has 0 aliphatic carbocycles. The molecule has 2 aromatic rings. The van der Waals surface area contributed by atoms with Gasteiger partial charge in [0, 0.05) is 0 Å². The third-order valence-electron chi connectivity index (χ3n) is 2.60. The fraction of sp³-hybridized carbons (Fsp3) is 0.154. The summed E-state index contributed by atoms with van der Waals surface area (Å²) in [7, 11) is 0. The second-order valence-electron chi connectivity index (χ2n) is 4.12. The number of hydrogen-bond donors (Lipinski definition) is 1. The van der Waals surface area contributed by atoms with Gasteiger partial charge in [0.05, 0.1) is 16.3 Å². The van der Waals surface area contributed by atoms with Gasteiger partial charge in [0.15, 0.2) is 0 Å². The minimum Gasteiger partial charge on any atom is -0.339 e. The van der Waals surface area contributed by atoms with Crippen LogP contribution in [0.5, 0.6) is 0 Å². The van der Waals surface area contributed by atoms with Crippen molar-refractivity contribution in [3.8, 4) is 0 Å². The van der Waals surface area contributed by atoms with E-state index in [0.29, 0.717) is 10.7 Å². The van der Waals surface area contributed by atoms with Gasteiger partial charge in [-0.1, -0.05) is 35.3 Å². The Hall–Kier alpha value is -1.46. The predicted molar refractivity (Wildman–Crippen MR) is 73.7 cm³/mol. The Morgan fingerprint density at radius 1 is 1.15 bits per heavy atom. The van der Waals surface area contributed by atoms with Crippen LogP contribution in [0.15, 0.2) is 30.3 Å². The van der Waals surface area contributed by atoms with E-state index < -0.39 is 11.7 Å². The Labute approximate surface area is 123 Å². The van der Waals surface area contributed by atoms with Crippen LogP contribution in [0.3, 0.4) is 0 Å². The van der Waals surface area contributed by atoms with Crippen molar-refractivity contribution in [3.05, 3.63) is 51.6 Å². The van der Waals surface area contributed by atoms with Crippen LogP contribution in [0, 0.1) is 6.92 Å². The first kappa shape index (κ1) is 14.9. The first-order valence-electron chi connectivity index (χ1n) is 5.54. The van der Waals surface area contributed by atoms with E-state index in [0.717, 1.165) is 17.7 Å². The van der Waals surface area contributed by atoms with Crippen LogP contribution >= 0.6 is 23.2 Å². The van der Waals surface area contributed by atoms with Crippen molar-refractivity contribution < 1.29 is 13.2 Å². The molecule has 106 valence electrons. The second kappa shape index (κ2) is 5.50. The first-order chi connectivity index (χ1) is 9.27. The molecule has 1 aromatic heterocycles. The number of rotatable bonds is 2. The number of para-hydroxylation sites is 1. The highest BCUT2D eigenvalue weighted by Crippen LogP contribution is 2.34. The summed E-state index contributed by atoms with van der Waals surface area (Å²) in [4.78, 5) is 3.82. The highest BCUT2D eigenvalue weighted by molar-refractivity contribution is 6.33. The highest BCUT2D eigenvalue weighted by Gasteiger charge is 2.31. The summed E-state index contributed by atoms with van der Waals surface area (Å²) in [6, 6.07) is 6.81. The summed E-state index contributed by atoms with van der Waals surface area (Å²) in [6.45, 7) is 1.78. The molecule has 0 amide bonds. The van der Waals surface area contributed by atoms with Crippen LogP contribution in [0.25, 0.3) is 0 Å². The van der Waals surface area contributed by atoms with Gasteiger partial charge < -0.3 is 5.32 Å². The summed E-state index contributed by atoms with van der Waals surface area (Å²) in [6.07, 6.45) is -4.49. The lowest BCUT2D eigenvalue weighted by Gasteiger charge is -2.13. The highest BCUT2D eigenvalue weighted by atomic mass is 35.5. The van der Waals surface area contributed by atoms with Crippen LogP contribution in [0.4, 0.5) is 24.7 Å². The van der Waals surface area contributed by atoms with Crippen molar-refractivity contribution in [2.75, 3.05) is 5.32 Å². The van der Waals surface area contributed by atoms with Crippen molar-refractivity contribution in [1.82, 2.24) is 4.98 Å². The molecule has 0 radical (unpaired) electrons. The average molecular weight is 321 g/mol. The van der Waals surface area contributed by atoms with Gasteiger partial charge in [0.2, 0.25) is 0 Å². The molecule has 0 bridgehead atoms. The van der Waals surface area contributed by atoms with Gasteiger partial charge in [-0.2, -0.15) is 13.2 Å². The van der Waals surface area contributed by atoms with Gasteiger partial charge in [-0.3, -0.25) is 0 Å². The van der Waals surface area contributed by atoms with E-state index in [1.807, 2.05) is 0 Å². The number of nitrogens with one attached hydrogen (secondary N) is 1. The average Bonchev–Trinajstić information content (AvgIpc) is 2.32. The first-order valence-corrected chi connectivity index (χ1v) is 6.30. The van der Waals surface area contributed by atoms with E-state index >= 15 is 0 Å². The molecule has 1 N–H and O–H groups in total. The monoisotopic (exact) mass is 320 g/mol. The molecule has 0 saturated heterocycles. The number of nitrogens with zero attached hydrogens (tertiary/aromatic N) is 1. The zero-order chi connectivity index (χ0) is 14.9. The topological polar surface area (TPSA) is 24.9 Å². The van der Waals surface area contributed by atoms with E-state index in [9.17, 15) is 13.2 Å². The maximum absolute atomic E-state index is 12.7. The zero-order valence-electron chi connectivity index (χ0n) is 10.2. The number of pyridine rings is 1. The summed E-state index contributed by atoms with van der Waals surface area (Å²) in [5.74, 6) is -0.0129. The quantitative estimate of drug-likeness (QED) is 0.743. The fourth-order valence-electron chi connectivity index (χ4n) is 1.64.